The lowest BCUT2D eigenvalue weighted by Crippen LogP contribution is -2.08. The van der Waals surface area contributed by atoms with Gasteiger partial charge in [0.2, 0.25) is 0 Å². The van der Waals surface area contributed by atoms with Gasteiger partial charge >= 0.3 is 5.97 Å². The van der Waals surface area contributed by atoms with Gasteiger partial charge in [-0.1, -0.05) is 70.6 Å². The van der Waals surface area contributed by atoms with Crippen LogP contribution in [0.15, 0.2) is 78.9 Å². The van der Waals surface area contributed by atoms with E-state index in [1.54, 1.807) is 54.6 Å². The molecule has 0 bridgehead atoms. The predicted octanol–water partition coefficient (Wildman–Crippen LogP) is 8.72. The zero-order valence-corrected chi connectivity index (χ0v) is 23.2. The topological polar surface area (TPSA) is 61.8 Å². The minimum absolute atomic E-state index is 0.130. The second-order valence-corrected chi connectivity index (χ2v) is 9.52. The van der Waals surface area contributed by atoms with Gasteiger partial charge in [-0.15, -0.1) is 0 Å². The zero-order valence-electron chi connectivity index (χ0n) is 23.2. The first-order valence-electron chi connectivity index (χ1n) is 14.1. The van der Waals surface area contributed by atoms with E-state index >= 15 is 0 Å². The van der Waals surface area contributed by atoms with Gasteiger partial charge in [0, 0.05) is 5.56 Å². The van der Waals surface area contributed by atoms with Gasteiger partial charge in [-0.25, -0.2) is 4.79 Å². The molecule has 5 nitrogen and oxygen atoms in total. The van der Waals surface area contributed by atoms with Crippen LogP contribution in [0.5, 0.6) is 17.2 Å². The zero-order chi connectivity index (χ0) is 27.7. The van der Waals surface area contributed by atoms with E-state index in [1.165, 1.54) is 38.2 Å². The fraction of sp³-hybridized carbons (Fsp3) is 0.353. The molecule has 3 rings (SSSR count). The summed E-state index contributed by atoms with van der Waals surface area (Å²) in [6.45, 7) is 5.71. The van der Waals surface area contributed by atoms with Crippen molar-refractivity contribution in [2.45, 2.75) is 65.2 Å². The Labute approximate surface area is 232 Å². The fourth-order valence-corrected chi connectivity index (χ4v) is 3.89. The van der Waals surface area contributed by atoms with E-state index in [0.29, 0.717) is 23.5 Å². The molecule has 0 atom stereocenters. The van der Waals surface area contributed by atoms with Crippen LogP contribution >= 0.6 is 0 Å². The molecule has 0 aliphatic carbocycles. The Morgan fingerprint density at radius 1 is 0.590 bits per heavy atom. The molecule has 0 unspecified atom stereocenters. The molecule has 0 saturated heterocycles. The Kier molecular flexibility index (Phi) is 12.8. The number of allylic oxidation sites excluding steroid dienone is 1. The highest BCUT2D eigenvalue weighted by molar-refractivity contribution is 6.06. The molecule has 0 amide bonds. The summed E-state index contributed by atoms with van der Waals surface area (Å²) in [5, 5.41) is 0. The largest absolute Gasteiger partial charge is 0.494 e. The van der Waals surface area contributed by atoms with Crippen molar-refractivity contribution in [2.75, 3.05) is 13.2 Å². The Morgan fingerprint density at radius 3 is 1.74 bits per heavy atom. The predicted molar refractivity (Wildman–Crippen MR) is 157 cm³/mol. The van der Waals surface area contributed by atoms with Crippen molar-refractivity contribution in [3.63, 3.8) is 0 Å². The Morgan fingerprint density at radius 2 is 1.10 bits per heavy atom. The van der Waals surface area contributed by atoms with Crippen LogP contribution in [-0.2, 0) is 0 Å². The van der Waals surface area contributed by atoms with Crippen molar-refractivity contribution in [2.24, 2.45) is 0 Å². The van der Waals surface area contributed by atoms with E-state index in [1.807, 2.05) is 24.3 Å². The third kappa shape index (κ3) is 10.8. The van der Waals surface area contributed by atoms with E-state index in [4.69, 9.17) is 14.2 Å². The fourth-order valence-electron chi connectivity index (χ4n) is 3.89. The molecule has 0 aliphatic heterocycles. The summed E-state index contributed by atoms with van der Waals surface area (Å²) in [4.78, 5) is 25.1. The summed E-state index contributed by atoms with van der Waals surface area (Å²) >= 11 is 0. The highest BCUT2D eigenvalue weighted by Gasteiger charge is 2.10. The number of hydrogen-bond donors (Lipinski definition) is 0. The van der Waals surface area contributed by atoms with Crippen molar-refractivity contribution < 1.29 is 23.8 Å². The third-order valence-electron chi connectivity index (χ3n) is 6.28. The number of ether oxygens (including phenoxy) is 3. The van der Waals surface area contributed by atoms with Gasteiger partial charge in [-0.2, -0.15) is 0 Å². The molecule has 0 fully saturated rings. The first kappa shape index (κ1) is 29.7. The molecule has 0 N–H and O–H groups in total. The smallest absolute Gasteiger partial charge is 0.343 e. The van der Waals surface area contributed by atoms with Gasteiger partial charge in [-0.3, -0.25) is 4.79 Å². The van der Waals surface area contributed by atoms with E-state index in [-0.39, 0.29) is 5.78 Å². The second kappa shape index (κ2) is 16.9. The number of benzene rings is 3. The molecular formula is C34H40O5. The first-order chi connectivity index (χ1) is 19.1. The molecule has 3 aromatic carbocycles. The Hall–Kier alpha value is -3.86. The number of carbonyl (C=O) groups is 2. The maximum atomic E-state index is 12.6. The number of ketones is 1. The normalized spacial score (nSPS) is 10.9. The molecular weight excluding hydrogens is 488 g/mol. The van der Waals surface area contributed by atoms with Gasteiger partial charge < -0.3 is 14.2 Å². The number of unbranched alkanes of at least 4 members (excludes halogenated alkanes) is 6. The van der Waals surface area contributed by atoms with E-state index in [9.17, 15) is 9.59 Å². The maximum Gasteiger partial charge on any atom is 0.343 e. The van der Waals surface area contributed by atoms with Gasteiger partial charge in [0.15, 0.2) is 5.78 Å². The standard InChI is InChI=1S/C34H40O5/c1-3-5-7-8-9-10-26-38-30-18-11-27(12-19-30)13-24-33(35)28-14-22-32(23-15-28)39-34(36)29-16-20-31(21-17-29)37-25-6-4-2/h11-24H,3-10,25-26H2,1-2H3/b24-13+. The van der Waals surface area contributed by atoms with Crippen molar-refractivity contribution in [1.29, 1.82) is 0 Å². The molecule has 0 spiro atoms. The van der Waals surface area contributed by atoms with Gasteiger partial charge in [0.25, 0.3) is 0 Å². The lowest BCUT2D eigenvalue weighted by molar-refractivity contribution is 0.0734. The van der Waals surface area contributed by atoms with Gasteiger partial charge in [0.05, 0.1) is 18.8 Å². The van der Waals surface area contributed by atoms with Gasteiger partial charge in [0.1, 0.15) is 17.2 Å². The van der Waals surface area contributed by atoms with Gasteiger partial charge in [-0.05, 0) is 85.1 Å². The highest BCUT2D eigenvalue weighted by atomic mass is 16.5. The van der Waals surface area contributed by atoms with Crippen LogP contribution in [-0.4, -0.2) is 25.0 Å². The number of hydrogen-bond acceptors (Lipinski definition) is 5. The third-order valence-corrected chi connectivity index (χ3v) is 6.28. The van der Waals surface area contributed by atoms with Crippen LogP contribution in [0.3, 0.4) is 0 Å². The van der Waals surface area contributed by atoms with Crippen molar-refractivity contribution in [3.05, 3.63) is 95.6 Å². The van der Waals surface area contributed by atoms with Crippen molar-refractivity contribution in [3.8, 4) is 17.2 Å². The van der Waals surface area contributed by atoms with Crippen LogP contribution in [0.2, 0.25) is 0 Å². The lowest BCUT2D eigenvalue weighted by atomic mass is 10.1. The average Bonchev–Trinajstić information content (AvgIpc) is 2.97. The summed E-state index contributed by atoms with van der Waals surface area (Å²) in [6, 6.07) is 21.2. The minimum atomic E-state index is -0.464. The summed E-state index contributed by atoms with van der Waals surface area (Å²) in [6.07, 6.45) is 12.8. The summed E-state index contributed by atoms with van der Waals surface area (Å²) in [7, 11) is 0. The van der Waals surface area contributed by atoms with Crippen LogP contribution in [0.4, 0.5) is 0 Å². The molecule has 0 aromatic heterocycles. The van der Waals surface area contributed by atoms with Crippen molar-refractivity contribution in [1.82, 2.24) is 0 Å². The van der Waals surface area contributed by atoms with Crippen LogP contribution in [0, 0.1) is 0 Å². The second-order valence-electron chi connectivity index (χ2n) is 9.52. The highest BCUT2D eigenvalue weighted by Crippen LogP contribution is 2.19. The molecule has 206 valence electrons. The molecule has 0 radical (unpaired) electrons. The monoisotopic (exact) mass is 528 g/mol. The molecule has 39 heavy (non-hydrogen) atoms. The summed E-state index contributed by atoms with van der Waals surface area (Å²) < 4.78 is 16.9. The lowest BCUT2D eigenvalue weighted by Gasteiger charge is -2.07. The number of carbonyl (C=O) groups excluding carboxylic acids is 2. The molecule has 3 aromatic rings. The molecule has 0 aliphatic rings. The van der Waals surface area contributed by atoms with E-state index < -0.39 is 5.97 Å². The minimum Gasteiger partial charge on any atom is -0.494 e. The Bertz CT molecular complexity index is 1160. The molecule has 0 saturated carbocycles. The van der Waals surface area contributed by atoms with E-state index in [0.717, 1.165) is 42.9 Å². The van der Waals surface area contributed by atoms with Crippen molar-refractivity contribution >= 4 is 17.8 Å². The summed E-state index contributed by atoms with van der Waals surface area (Å²) in [5.41, 5.74) is 1.86. The quantitative estimate of drug-likeness (QED) is 0.0576. The van der Waals surface area contributed by atoms with E-state index in [2.05, 4.69) is 13.8 Å². The maximum absolute atomic E-state index is 12.6. The number of esters is 1. The number of rotatable bonds is 17. The van der Waals surface area contributed by atoms with Crippen LogP contribution < -0.4 is 14.2 Å². The SMILES string of the molecule is CCCCCCCCOc1ccc(/C=C/C(=O)c2ccc(OC(=O)c3ccc(OCCCC)cc3)cc2)cc1. The average molecular weight is 529 g/mol. The Balaban J connectivity index is 1.43. The first-order valence-corrected chi connectivity index (χ1v) is 14.1. The molecule has 0 heterocycles. The van der Waals surface area contributed by atoms with Crippen LogP contribution in [0.25, 0.3) is 6.08 Å². The molecule has 5 heteroatoms. The van der Waals surface area contributed by atoms with Crippen LogP contribution in [0.1, 0.15) is 91.5 Å². The summed E-state index contributed by atoms with van der Waals surface area (Å²) in [5.74, 6) is 1.35.